The molecule has 0 amide bonds. The fourth-order valence-electron chi connectivity index (χ4n) is 9.12. The molecule has 0 aliphatic heterocycles. The van der Waals surface area contributed by atoms with Gasteiger partial charge in [0.1, 0.15) is 11.5 Å². The lowest BCUT2D eigenvalue weighted by Gasteiger charge is -2.30. The third-order valence-corrected chi connectivity index (χ3v) is 11.3. The van der Waals surface area contributed by atoms with Crippen LogP contribution in [0, 0.1) is 10.8 Å². The molecule has 0 unspecified atom stereocenters. The second-order valence-corrected chi connectivity index (χ2v) is 20.3. The summed E-state index contributed by atoms with van der Waals surface area (Å²) in [6, 6.07) is 29.0. The highest BCUT2D eigenvalue weighted by Gasteiger charge is 2.32. The van der Waals surface area contributed by atoms with Crippen molar-refractivity contribution in [1.29, 1.82) is 0 Å². The van der Waals surface area contributed by atoms with Gasteiger partial charge in [-0.25, -0.2) is 0 Å². The molecule has 0 aliphatic carbocycles. The molecule has 0 saturated heterocycles. The van der Waals surface area contributed by atoms with Gasteiger partial charge in [0, 0.05) is 28.4 Å². The van der Waals surface area contributed by atoms with E-state index in [2.05, 4.69) is 118 Å². The number of aromatic hydroxyl groups is 2. The molecule has 8 nitrogen and oxygen atoms in total. The summed E-state index contributed by atoms with van der Waals surface area (Å²) in [5.41, 5.74) is 8.41. The Kier molecular flexibility index (Phi) is 12.9. The van der Waals surface area contributed by atoms with Crippen LogP contribution in [0.25, 0.3) is 11.4 Å². The standard InChI is InChI=1S/C51H66N6O2/c1-48(2,3)34-50(7,8)44-32-52-56(54-44)42-29-27-38(25-17-23-36-19-13-11-14-20-36)46(58)40(42)31-41-43(57-53-33-45(55-57)51(9,10)35-49(4,5)6)30-28-39(47(41)59)26-18-24-37-21-15-12-16-22-37/h11-16,19-22,27-30,32-33,58-59H,17-18,23-26,31,34-35H2,1-10H3. The van der Waals surface area contributed by atoms with Crippen molar-refractivity contribution in [3.63, 3.8) is 0 Å². The van der Waals surface area contributed by atoms with Crippen LogP contribution in [0.15, 0.2) is 97.3 Å². The van der Waals surface area contributed by atoms with Crippen molar-refractivity contribution in [2.75, 3.05) is 0 Å². The molecule has 4 aromatic carbocycles. The van der Waals surface area contributed by atoms with Gasteiger partial charge in [-0.15, -0.1) is 0 Å². The van der Waals surface area contributed by atoms with E-state index in [1.165, 1.54) is 11.1 Å². The zero-order valence-electron chi connectivity index (χ0n) is 37.2. The molecule has 0 bridgehead atoms. The highest BCUT2D eigenvalue weighted by atomic mass is 16.3. The van der Waals surface area contributed by atoms with Gasteiger partial charge in [0.15, 0.2) is 0 Å². The summed E-state index contributed by atoms with van der Waals surface area (Å²) in [5, 5.41) is 44.4. The molecule has 312 valence electrons. The lowest BCUT2D eigenvalue weighted by molar-refractivity contribution is 0.278. The summed E-state index contributed by atoms with van der Waals surface area (Å²) in [5.74, 6) is 0.396. The van der Waals surface area contributed by atoms with Gasteiger partial charge in [-0.1, -0.05) is 142 Å². The average molecular weight is 795 g/mol. The molecule has 0 atom stereocenters. The minimum atomic E-state index is -0.222. The largest absolute Gasteiger partial charge is 0.507 e. The SMILES string of the molecule is CC(C)(C)CC(C)(C)c1cnn(-c2ccc(CCCc3ccccc3)c(O)c2Cc2c(-n3ncc(C(C)(C)CC(C)(C)C)n3)ccc(CCCc3ccccc3)c2O)n1. The molecule has 2 heterocycles. The monoisotopic (exact) mass is 795 g/mol. The first-order valence-corrected chi connectivity index (χ1v) is 21.4. The van der Waals surface area contributed by atoms with Gasteiger partial charge in [0.05, 0.1) is 35.2 Å². The second-order valence-electron chi connectivity index (χ2n) is 20.3. The summed E-state index contributed by atoms with van der Waals surface area (Å²) in [6.45, 7) is 22.3. The summed E-state index contributed by atoms with van der Waals surface area (Å²) in [4.78, 5) is 3.31. The Morgan fingerprint density at radius 3 is 1.20 bits per heavy atom. The van der Waals surface area contributed by atoms with Crippen LogP contribution in [0.5, 0.6) is 11.5 Å². The van der Waals surface area contributed by atoms with Crippen molar-refractivity contribution in [2.45, 2.75) is 138 Å². The lowest BCUT2D eigenvalue weighted by atomic mass is 9.74. The molecule has 59 heavy (non-hydrogen) atoms. The maximum atomic E-state index is 12.3. The first kappa shape index (κ1) is 43.3. The maximum absolute atomic E-state index is 12.3. The number of nitrogens with zero attached hydrogens (tertiary/aromatic N) is 6. The highest BCUT2D eigenvalue weighted by Crippen LogP contribution is 2.40. The van der Waals surface area contributed by atoms with E-state index in [9.17, 15) is 10.2 Å². The molecule has 0 spiro atoms. The molecule has 0 radical (unpaired) electrons. The fraction of sp³-hybridized carbons (Fsp3) is 0.451. The topological polar surface area (TPSA) is 102 Å². The van der Waals surface area contributed by atoms with Crippen LogP contribution in [0.3, 0.4) is 0 Å². The fourth-order valence-corrected chi connectivity index (χ4v) is 9.12. The second kappa shape index (κ2) is 17.5. The van der Waals surface area contributed by atoms with Gasteiger partial charge < -0.3 is 10.2 Å². The zero-order valence-corrected chi connectivity index (χ0v) is 37.2. The Morgan fingerprint density at radius 2 is 0.847 bits per heavy atom. The molecule has 6 rings (SSSR count). The van der Waals surface area contributed by atoms with E-state index in [0.29, 0.717) is 35.3 Å². The van der Waals surface area contributed by atoms with E-state index >= 15 is 0 Å². The number of phenols is 2. The first-order chi connectivity index (χ1) is 27.8. The summed E-state index contributed by atoms with van der Waals surface area (Å²) >= 11 is 0. The predicted molar refractivity (Wildman–Crippen MR) is 240 cm³/mol. The molecule has 0 saturated carbocycles. The maximum Gasteiger partial charge on any atom is 0.124 e. The van der Waals surface area contributed by atoms with Crippen molar-refractivity contribution in [3.05, 3.63) is 142 Å². The Bertz CT molecular complexity index is 2140. The van der Waals surface area contributed by atoms with Gasteiger partial charge in [-0.2, -0.15) is 30.0 Å². The Morgan fingerprint density at radius 1 is 0.475 bits per heavy atom. The highest BCUT2D eigenvalue weighted by molar-refractivity contribution is 5.60. The molecule has 8 heteroatoms. The minimum absolute atomic E-state index is 0.0977. The van der Waals surface area contributed by atoms with Crippen LogP contribution in [-0.2, 0) is 42.9 Å². The molecule has 2 N–H and O–H groups in total. The number of rotatable bonds is 16. The van der Waals surface area contributed by atoms with Crippen LogP contribution >= 0.6 is 0 Å². The quantitative estimate of drug-likeness (QED) is 0.101. The van der Waals surface area contributed by atoms with Gasteiger partial charge in [-0.3, -0.25) is 0 Å². The number of phenolic OH excluding ortho intramolecular Hbond substituents is 2. The van der Waals surface area contributed by atoms with E-state index < -0.39 is 0 Å². The third kappa shape index (κ3) is 11.1. The van der Waals surface area contributed by atoms with E-state index in [1.807, 2.05) is 48.8 Å². The van der Waals surface area contributed by atoms with Crippen LogP contribution in [0.4, 0.5) is 0 Å². The van der Waals surface area contributed by atoms with Crippen molar-refractivity contribution >= 4 is 0 Å². The van der Waals surface area contributed by atoms with Crippen LogP contribution < -0.4 is 0 Å². The smallest absolute Gasteiger partial charge is 0.124 e. The lowest BCUT2D eigenvalue weighted by Crippen LogP contribution is -2.25. The van der Waals surface area contributed by atoms with Gasteiger partial charge in [0.25, 0.3) is 0 Å². The van der Waals surface area contributed by atoms with Crippen molar-refractivity contribution in [2.24, 2.45) is 10.8 Å². The first-order valence-electron chi connectivity index (χ1n) is 21.4. The van der Waals surface area contributed by atoms with Gasteiger partial charge in [-0.05, 0) is 96.6 Å². The normalized spacial score (nSPS) is 12.6. The van der Waals surface area contributed by atoms with Crippen molar-refractivity contribution < 1.29 is 10.2 Å². The van der Waals surface area contributed by atoms with Crippen LogP contribution in [0.2, 0.25) is 0 Å². The number of benzene rings is 4. The van der Waals surface area contributed by atoms with E-state index in [4.69, 9.17) is 20.4 Å². The Balaban J connectivity index is 1.44. The Hall–Kier alpha value is -5.24. The molecule has 0 fully saturated rings. The molecule has 2 aromatic heterocycles. The molecule has 6 aromatic rings. The number of hydrogen-bond donors (Lipinski definition) is 2. The van der Waals surface area contributed by atoms with E-state index in [1.54, 1.807) is 9.59 Å². The van der Waals surface area contributed by atoms with Gasteiger partial charge in [0.2, 0.25) is 0 Å². The van der Waals surface area contributed by atoms with Crippen LogP contribution in [-0.4, -0.2) is 40.2 Å². The summed E-state index contributed by atoms with van der Waals surface area (Å²) in [6.07, 6.45) is 10.7. The molecule has 0 aliphatic rings. The number of aryl methyl sites for hydroxylation is 4. The van der Waals surface area contributed by atoms with Crippen molar-refractivity contribution in [3.8, 4) is 22.9 Å². The van der Waals surface area contributed by atoms with E-state index in [-0.39, 0.29) is 39.6 Å². The number of aromatic nitrogens is 6. The van der Waals surface area contributed by atoms with Crippen LogP contribution in [0.1, 0.15) is 140 Å². The average Bonchev–Trinajstić information content (AvgIpc) is 3.86. The number of hydrogen-bond acceptors (Lipinski definition) is 6. The molecular formula is C51H66N6O2. The zero-order chi connectivity index (χ0) is 42.6. The van der Waals surface area contributed by atoms with E-state index in [0.717, 1.165) is 61.0 Å². The predicted octanol–water partition coefficient (Wildman–Crippen LogP) is 11.6. The van der Waals surface area contributed by atoms with Gasteiger partial charge >= 0.3 is 0 Å². The third-order valence-electron chi connectivity index (χ3n) is 11.3. The minimum Gasteiger partial charge on any atom is -0.507 e. The Labute approximate surface area is 352 Å². The van der Waals surface area contributed by atoms with Crippen molar-refractivity contribution in [1.82, 2.24) is 30.0 Å². The molecular weight excluding hydrogens is 729 g/mol. The summed E-state index contributed by atoms with van der Waals surface area (Å²) < 4.78 is 0. The summed E-state index contributed by atoms with van der Waals surface area (Å²) in [7, 11) is 0.